The van der Waals surface area contributed by atoms with Crippen LogP contribution in [0.1, 0.15) is 42.5 Å². The number of carbonyl (C=O) groups is 1. The van der Waals surface area contributed by atoms with Crippen LogP contribution in [0.5, 0.6) is 5.75 Å². The lowest BCUT2D eigenvalue weighted by Crippen LogP contribution is -2.50. The summed E-state index contributed by atoms with van der Waals surface area (Å²) in [5.74, 6) is 1.33. The molecule has 4 nitrogen and oxygen atoms in total. The molecule has 0 aromatic heterocycles. The average molecular weight is 316 g/mol. The Kier molecular flexibility index (Phi) is 5.34. The van der Waals surface area contributed by atoms with Crippen LogP contribution in [0, 0.1) is 5.92 Å². The topological polar surface area (TPSA) is 41.6 Å². The van der Waals surface area contributed by atoms with Gasteiger partial charge in [0.2, 0.25) is 0 Å². The predicted octanol–water partition coefficient (Wildman–Crippen LogP) is 2.73. The first-order valence-electron chi connectivity index (χ1n) is 8.79. The number of nitrogens with zero attached hydrogens (tertiary/aromatic N) is 1. The van der Waals surface area contributed by atoms with Gasteiger partial charge in [-0.2, -0.15) is 0 Å². The zero-order valence-corrected chi connectivity index (χ0v) is 14.3. The Morgan fingerprint density at radius 3 is 2.43 bits per heavy atom. The summed E-state index contributed by atoms with van der Waals surface area (Å²) in [6.45, 7) is 1.55. The van der Waals surface area contributed by atoms with Gasteiger partial charge in [0.15, 0.2) is 5.78 Å². The van der Waals surface area contributed by atoms with Crippen LogP contribution in [0.4, 0.5) is 0 Å². The third-order valence-corrected chi connectivity index (χ3v) is 5.03. The van der Waals surface area contributed by atoms with Crippen molar-refractivity contribution in [2.45, 2.75) is 44.2 Å². The maximum absolute atomic E-state index is 12.8. The molecule has 4 heteroatoms. The van der Waals surface area contributed by atoms with Crippen molar-refractivity contribution in [3.8, 4) is 5.75 Å². The molecule has 1 aromatic carbocycles. The molecule has 2 atom stereocenters. The monoisotopic (exact) mass is 316 g/mol. The van der Waals surface area contributed by atoms with Crippen molar-refractivity contribution in [1.29, 1.82) is 0 Å². The van der Waals surface area contributed by atoms with E-state index < -0.39 is 0 Å². The largest absolute Gasteiger partial charge is 0.492 e. The Morgan fingerprint density at radius 1 is 1.17 bits per heavy atom. The van der Waals surface area contributed by atoms with Crippen molar-refractivity contribution in [2.24, 2.45) is 5.92 Å². The van der Waals surface area contributed by atoms with Crippen LogP contribution in [0.2, 0.25) is 0 Å². The summed E-state index contributed by atoms with van der Waals surface area (Å²) in [6.07, 6.45) is 5.74. The summed E-state index contributed by atoms with van der Waals surface area (Å²) in [6, 6.07) is 8.78. The Labute approximate surface area is 139 Å². The number of carbonyl (C=O) groups excluding carboxylic acids is 1. The van der Waals surface area contributed by atoms with E-state index in [1.807, 2.05) is 38.4 Å². The third-order valence-electron chi connectivity index (χ3n) is 5.03. The highest BCUT2D eigenvalue weighted by molar-refractivity contribution is 5.98. The number of ether oxygens (including phenoxy) is 1. The molecular formula is C19H28N2O2. The number of fused-ring (bicyclic) bond motifs is 2. The standard InChI is InChI=1S/C19H28N2O2/c1-21(2)10-11-23-18-8-6-14(7-9-18)19(22)15-12-16-4-3-5-17(13-15)20-16/h6-9,15-17,20H,3-5,10-13H2,1-2H3. The number of ketones is 1. The fourth-order valence-corrected chi connectivity index (χ4v) is 3.78. The first kappa shape index (κ1) is 16.5. The van der Waals surface area contributed by atoms with Crippen LogP contribution in [-0.4, -0.2) is 50.0 Å². The molecular weight excluding hydrogens is 288 g/mol. The van der Waals surface area contributed by atoms with Gasteiger partial charge in [-0.3, -0.25) is 4.79 Å². The smallest absolute Gasteiger partial charge is 0.166 e. The SMILES string of the molecule is CN(C)CCOc1ccc(C(=O)C2CC3CCCC(C2)N3)cc1. The fourth-order valence-electron chi connectivity index (χ4n) is 3.78. The summed E-state index contributed by atoms with van der Waals surface area (Å²) in [5, 5.41) is 3.65. The van der Waals surface area contributed by atoms with Gasteiger partial charge in [0, 0.05) is 30.1 Å². The van der Waals surface area contributed by atoms with Crippen molar-refractivity contribution >= 4 is 5.78 Å². The summed E-state index contributed by atoms with van der Waals surface area (Å²) < 4.78 is 5.69. The second-order valence-corrected chi connectivity index (χ2v) is 7.20. The summed E-state index contributed by atoms with van der Waals surface area (Å²) >= 11 is 0. The maximum Gasteiger partial charge on any atom is 0.166 e. The van der Waals surface area contributed by atoms with Gasteiger partial charge in [-0.05, 0) is 64.0 Å². The number of benzene rings is 1. The number of rotatable bonds is 6. The molecule has 2 fully saturated rings. The molecule has 0 amide bonds. The summed E-state index contributed by atoms with van der Waals surface area (Å²) in [4.78, 5) is 14.9. The van der Waals surface area contributed by atoms with Crippen LogP contribution in [-0.2, 0) is 0 Å². The zero-order valence-electron chi connectivity index (χ0n) is 14.3. The van der Waals surface area contributed by atoms with Crippen LogP contribution < -0.4 is 10.1 Å². The molecule has 2 bridgehead atoms. The second-order valence-electron chi connectivity index (χ2n) is 7.20. The first-order valence-corrected chi connectivity index (χ1v) is 8.79. The normalized spacial score (nSPS) is 27.0. The summed E-state index contributed by atoms with van der Waals surface area (Å²) in [5.41, 5.74) is 0.829. The average Bonchev–Trinajstić information content (AvgIpc) is 2.54. The number of Topliss-reactive ketones (excluding diaryl/α,β-unsaturated/α-hetero) is 1. The van der Waals surface area contributed by atoms with E-state index in [0.717, 1.165) is 30.7 Å². The Balaban J connectivity index is 1.57. The molecule has 1 aromatic rings. The minimum Gasteiger partial charge on any atom is -0.492 e. The van der Waals surface area contributed by atoms with E-state index in [0.29, 0.717) is 24.5 Å². The highest BCUT2D eigenvalue weighted by Crippen LogP contribution is 2.32. The van der Waals surface area contributed by atoms with E-state index in [9.17, 15) is 4.79 Å². The quantitative estimate of drug-likeness (QED) is 0.820. The van der Waals surface area contributed by atoms with E-state index in [4.69, 9.17) is 4.74 Å². The molecule has 2 saturated heterocycles. The minimum atomic E-state index is 0.187. The van der Waals surface area contributed by atoms with Gasteiger partial charge < -0.3 is 15.0 Å². The number of nitrogens with one attached hydrogen (secondary N) is 1. The Hall–Kier alpha value is -1.39. The van der Waals surface area contributed by atoms with Crippen molar-refractivity contribution in [2.75, 3.05) is 27.2 Å². The van der Waals surface area contributed by atoms with E-state index in [1.54, 1.807) is 0 Å². The number of likely N-dealkylation sites (N-methyl/N-ethyl adjacent to an activating group) is 1. The zero-order chi connectivity index (χ0) is 16.2. The Morgan fingerprint density at radius 2 is 1.83 bits per heavy atom. The molecule has 2 aliphatic heterocycles. The number of hydrogen-bond acceptors (Lipinski definition) is 4. The molecule has 0 saturated carbocycles. The minimum absolute atomic E-state index is 0.187. The van der Waals surface area contributed by atoms with E-state index in [2.05, 4.69) is 10.2 Å². The molecule has 23 heavy (non-hydrogen) atoms. The van der Waals surface area contributed by atoms with Crippen LogP contribution in [0.3, 0.4) is 0 Å². The molecule has 3 rings (SSSR count). The predicted molar refractivity (Wildman–Crippen MR) is 92.1 cm³/mol. The van der Waals surface area contributed by atoms with Gasteiger partial charge in [-0.1, -0.05) is 6.42 Å². The second kappa shape index (κ2) is 7.45. The maximum atomic E-state index is 12.8. The first-order chi connectivity index (χ1) is 11.1. The van der Waals surface area contributed by atoms with Crippen LogP contribution >= 0.6 is 0 Å². The van der Waals surface area contributed by atoms with E-state index >= 15 is 0 Å². The van der Waals surface area contributed by atoms with Crippen LogP contribution in [0.15, 0.2) is 24.3 Å². The molecule has 2 heterocycles. The molecule has 126 valence electrons. The number of piperidine rings is 2. The van der Waals surface area contributed by atoms with Crippen LogP contribution in [0.25, 0.3) is 0 Å². The van der Waals surface area contributed by atoms with E-state index in [1.165, 1.54) is 19.3 Å². The van der Waals surface area contributed by atoms with Crippen molar-refractivity contribution in [3.63, 3.8) is 0 Å². The van der Waals surface area contributed by atoms with Gasteiger partial charge in [0.1, 0.15) is 12.4 Å². The number of hydrogen-bond donors (Lipinski definition) is 1. The van der Waals surface area contributed by atoms with Crippen molar-refractivity contribution < 1.29 is 9.53 Å². The highest BCUT2D eigenvalue weighted by Gasteiger charge is 2.34. The third kappa shape index (κ3) is 4.33. The molecule has 0 spiro atoms. The lowest BCUT2D eigenvalue weighted by atomic mass is 9.77. The summed E-state index contributed by atoms with van der Waals surface area (Å²) in [7, 11) is 4.05. The van der Waals surface area contributed by atoms with Crippen molar-refractivity contribution in [1.82, 2.24) is 10.2 Å². The lowest BCUT2D eigenvalue weighted by Gasteiger charge is -2.39. The van der Waals surface area contributed by atoms with Gasteiger partial charge in [0.05, 0.1) is 0 Å². The molecule has 0 radical (unpaired) electrons. The molecule has 0 aliphatic carbocycles. The molecule has 1 N–H and O–H groups in total. The molecule has 2 unspecified atom stereocenters. The van der Waals surface area contributed by atoms with Gasteiger partial charge in [0.25, 0.3) is 0 Å². The lowest BCUT2D eigenvalue weighted by molar-refractivity contribution is 0.0825. The fraction of sp³-hybridized carbons (Fsp3) is 0.632. The highest BCUT2D eigenvalue weighted by atomic mass is 16.5. The van der Waals surface area contributed by atoms with Gasteiger partial charge >= 0.3 is 0 Å². The Bertz CT molecular complexity index is 515. The van der Waals surface area contributed by atoms with Crippen molar-refractivity contribution in [3.05, 3.63) is 29.8 Å². The molecule has 2 aliphatic rings. The van der Waals surface area contributed by atoms with E-state index in [-0.39, 0.29) is 5.92 Å². The van der Waals surface area contributed by atoms with Gasteiger partial charge in [-0.15, -0.1) is 0 Å². The van der Waals surface area contributed by atoms with Gasteiger partial charge in [-0.25, -0.2) is 0 Å².